The summed E-state index contributed by atoms with van der Waals surface area (Å²) >= 11 is 0. The number of rotatable bonds is 4. The summed E-state index contributed by atoms with van der Waals surface area (Å²) in [5.74, 6) is 0.943. The predicted octanol–water partition coefficient (Wildman–Crippen LogP) is 3.40. The quantitative estimate of drug-likeness (QED) is 0.782. The molecule has 1 aromatic rings. The Morgan fingerprint density at radius 3 is 2.17 bits per heavy atom. The number of carbonyl (C=O) groups excluding carboxylic acids is 2. The molecule has 158 valence electrons. The van der Waals surface area contributed by atoms with Crippen molar-refractivity contribution in [2.75, 3.05) is 32.7 Å². The Bertz CT molecular complexity index is 693. The maximum absolute atomic E-state index is 13.6. The minimum absolute atomic E-state index is 0.00651. The molecule has 5 heteroatoms. The number of piperidine rings is 1. The zero-order valence-corrected chi connectivity index (χ0v) is 17.8. The van der Waals surface area contributed by atoms with E-state index in [1.807, 2.05) is 35.2 Å². The molecule has 0 spiro atoms. The van der Waals surface area contributed by atoms with Crippen LogP contribution in [0.2, 0.25) is 0 Å². The van der Waals surface area contributed by atoms with Crippen LogP contribution in [0.4, 0.5) is 0 Å². The van der Waals surface area contributed by atoms with Crippen LogP contribution < -0.4 is 0 Å². The molecule has 0 radical (unpaired) electrons. The topological polar surface area (TPSA) is 43.9 Å². The van der Waals surface area contributed by atoms with Crippen LogP contribution in [0, 0.1) is 5.92 Å². The monoisotopic (exact) mass is 397 g/mol. The summed E-state index contributed by atoms with van der Waals surface area (Å²) in [6, 6.07) is 9.91. The molecular formula is C24H35N3O2. The Balaban J connectivity index is 1.44. The van der Waals surface area contributed by atoms with Crippen LogP contribution in [-0.4, -0.2) is 71.3 Å². The molecule has 29 heavy (non-hydrogen) atoms. The van der Waals surface area contributed by atoms with E-state index in [4.69, 9.17) is 0 Å². The first-order valence-electron chi connectivity index (χ1n) is 11.5. The molecule has 0 aromatic heterocycles. The van der Waals surface area contributed by atoms with Crippen LogP contribution in [0.3, 0.4) is 0 Å². The van der Waals surface area contributed by atoms with Gasteiger partial charge in [0.25, 0.3) is 5.91 Å². The maximum atomic E-state index is 13.6. The van der Waals surface area contributed by atoms with Gasteiger partial charge in [-0.05, 0) is 57.1 Å². The molecule has 3 fully saturated rings. The van der Waals surface area contributed by atoms with E-state index in [0.29, 0.717) is 31.0 Å². The number of hydrogen-bond acceptors (Lipinski definition) is 3. The molecule has 2 amide bonds. The van der Waals surface area contributed by atoms with Crippen LogP contribution in [0.1, 0.15) is 62.2 Å². The first kappa shape index (κ1) is 20.4. The van der Waals surface area contributed by atoms with Crippen molar-refractivity contribution in [1.82, 2.24) is 14.7 Å². The van der Waals surface area contributed by atoms with Crippen LogP contribution in [0.25, 0.3) is 0 Å². The highest BCUT2D eigenvalue weighted by molar-refractivity contribution is 5.94. The van der Waals surface area contributed by atoms with Crippen molar-refractivity contribution in [3.05, 3.63) is 35.9 Å². The highest BCUT2D eigenvalue weighted by Crippen LogP contribution is 2.33. The van der Waals surface area contributed by atoms with E-state index in [1.165, 1.54) is 32.1 Å². The van der Waals surface area contributed by atoms with Crippen LogP contribution in [0.5, 0.6) is 0 Å². The molecule has 5 nitrogen and oxygen atoms in total. The zero-order valence-electron chi connectivity index (χ0n) is 17.8. The third-order valence-corrected chi connectivity index (χ3v) is 7.20. The molecule has 2 heterocycles. The van der Waals surface area contributed by atoms with Gasteiger partial charge in [0.05, 0.1) is 6.04 Å². The summed E-state index contributed by atoms with van der Waals surface area (Å²) in [7, 11) is 0. The van der Waals surface area contributed by atoms with E-state index in [2.05, 4.69) is 16.7 Å². The summed E-state index contributed by atoms with van der Waals surface area (Å²) in [5, 5.41) is 0. The molecule has 4 rings (SSSR count). The van der Waals surface area contributed by atoms with E-state index in [-0.39, 0.29) is 11.9 Å². The van der Waals surface area contributed by atoms with Gasteiger partial charge in [-0.2, -0.15) is 0 Å². The van der Waals surface area contributed by atoms with Crippen molar-refractivity contribution >= 4 is 11.8 Å². The minimum Gasteiger partial charge on any atom is -0.339 e. The molecular weight excluding hydrogens is 362 g/mol. The number of likely N-dealkylation sites (tertiary alicyclic amines) is 1. The van der Waals surface area contributed by atoms with E-state index >= 15 is 0 Å². The van der Waals surface area contributed by atoms with Gasteiger partial charge in [-0.15, -0.1) is 0 Å². The van der Waals surface area contributed by atoms with Crippen molar-refractivity contribution in [3.63, 3.8) is 0 Å². The molecule has 2 aliphatic heterocycles. The lowest BCUT2D eigenvalue weighted by atomic mass is 9.92. The van der Waals surface area contributed by atoms with Crippen molar-refractivity contribution in [3.8, 4) is 0 Å². The molecule has 0 N–H and O–H groups in total. The van der Waals surface area contributed by atoms with Crippen molar-refractivity contribution in [2.45, 2.75) is 64.0 Å². The van der Waals surface area contributed by atoms with Crippen molar-refractivity contribution in [2.24, 2.45) is 5.92 Å². The number of piperazine rings is 1. The highest BCUT2D eigenvalue weighted by atomic mass is 16.2. The van der Waals surface area contributed by atoms with E-state index in [1.54, 1.807) is 0 Å². The van der Waals surface area contributed by atoms with Gasteiger partial charge in [0.1, 0.15) is 0 Å². The average molecular weight is 398 g/mol. The fourth-order valence-corrected chi connectivity index (χ4v) is 5.49. The molecule has 1 aliphatic carbocycles. The number of nitrogens with zero attached hydrogens (tertiary/aromatic N) is 3. The standard InChI is InChI=1S/C24H35N3O2/c1-19-9-7-8-14-27(19)24(29)22(20-10-5-6-11-20)25-15-17-26(18-16-25)23(28)21-12-3-2-4-13-21/h2-4,12-13,19-20,22H,5-11,14-18H2,1H3/t19-,22-/m0/s1. The lowest BCUT2D eigenvalue weighted by Gasteiger charge is -2.44. The number of amides is 2. The fraction of sp³-hybridized carbons (Fsp3) is 0.667. The Hall–Kier alpha value is -1.88. The lowest BCUT2D eigenvalue weighted by Crippen LogP contribution is -2.60. The van der Waals surface area contributed by atoms with Crippen molar-refractivity contribution < 1.29 is 9.59 Å². The van der Waals surface area contributed by atoms with Gasteiger partial charge < -0.3 is 9.80 Å². The van der Waals surface area contributed by atoms with Gasteiger partial charge in [0, 0.05) is 44.3 Å². The number of carbonyl (C=O) groups is 2. The van der Waals surface area contributed by atoms with Crippen LogP contribution in [0.15, 0.2) is 30.3 Å². The Labute approximate surface area is 175 Å². The number of benzene rings is 1. The molecule has 1 saturated carbocycles. The second-order valence-corrected chi connectivity index (χ2v) is 9.06. The Morgan fingerprint density at radius 2 is 1.52 bits per heavy atom. The minimum atomic E-state index is 0.00651. The van der Waals surface area contributed by atoms with Gasteiger partial charge in [0.2, 0.25) is 5.91 Å². The van der Waals surface area contributed by atoms with E-state index in [9.17, 15) is 9.59 Å². The van der Waals surface area contributed by atoms with Gasteiger partial charge in [-0.25, -0.2) is 0 Å². The summed E-state index contributed by atoms with van der Waals surface area (Å²) in [4.78, 5) is 32.9. The van der Waals surface area contributed by atoms with Gasteiger partial charge in [0.15, 0.2) is 0 Å². The average Bonchev–Trinajstić information content (AvgIpc) is 3.29. The highest BCUT2D eigenvalue weighted by Gasteiger charge is 2.40. The summed E-state index contributed by atoms with van der Waals surface area (Å²) in [6.07, 6.45) is 8.32. The molecule has 2 saturated heterocycles. The zero-order chi connectivity index (χ0) is 20.2. The maximum Gasteiger partial charge on any atom is 0.253 e. The predicted molar refractivity (Wildman–Crippen MR) is 115 cm³/mol. The lowest BCUT2D eigenvalue weighted by molar-refractivity contribution is -0.143. The van der Waals surface area contributed by atoms with Gasteiger partial charge in [-0.3, -0.25) is 14.5 Å². The smallest absolute Gasteiger partial charge is 0.253 e. The Morgan fingerprint density at radius 1 is 0.862 bits per heavy atom. The van der Waals surface area contributed by atoms with Crippen LogP contribution >= 0.6 is 0 Å². The summed E-state index contributed by atoms with van der Waals surface area (Å²) in [6.45, 7) is 6.13. The second-order valence-electron chi connectivity index (χ2n) is 9.06. The van der Waals surface area contributed by atoms with E-state index < -0.39 is 0 Å². The summed E-state index contributed by atoms with van der Waals surface area (Å²) < 4.78 is 0. The molecule has 0 unspecified atom stereocenters. The Kier molecular flexibility index (Phi) is 6.53. The van der Waals surface area contributed by atoms with E-state index in [0.717, 1.165) is 38.0 Å². The molecule has 2 atom stereocenters. The largest absolute Gasteiger partial charge is 0.339 e. The van der Waals surface area contributed by atoms with Crippen molar-refractivity contribution in [1.29, 1.82) is 0 Å². The third kappa shape index (κ3) is 4.50. The van der Waals surface area contributed by atoms with Gasteiger partial charge >= 0.3 is 0 Å². The van der Waals surface area contributed by atoms with Gasteiger partial charge in [-0.1, -0.05) is 31.0 Å². The molecule has 1 aromatic carbocycles. The normalized spacial score (nSPS) is 25.2. The first-order chi connectivity index (χ1) is 14.1. The van der Waals surface area contributed by atoms with Crippen LogP contribution in [-0.2, 0) is 4.79 Å². The summed E-state index contributed by atoms with van der Waals surface area (Å²) in [5.41, 5.74) is 0.756. The SMILES string of the molecule is C[C@H]1CCCCN1C(=O)[C@H](C1CCCC1)N1CCN(C(=O)c2ccccc2)CC1. The first-order valence-corrected chi connectivity index (χ1v) is 11.5. The second kappa shape index (κ2) is 9.29. The third-order valence-electron chi connectivity index (χ3n) is 7.20. The molecule has 0 bridgehead atoms. The number of hydrogen-bond donors (Lipinski definition) is 0. The molecule has 3 aliphatic rings. The fourth-order valence-electron chi connectivity index (χ4n) is 5.49.